The molecule has 0 aliphatic carbocycles. The van der Waals surface area contributed by atoms with Gasteiger partial charge in [-0.15, -0.1) is 23.2 Å². The van der Waals surface area contributed by atoms with Crippen LogP contribution in [0.4, 0.5) is 0 Å². The van der Waals surface area contributed by atoms with Crippen LogP contribution in [0.2, 0.25) is 0 Å². The minimum absolute atomic E-state index is 0.0693. The van der Waals surface area contributed by atoms with Gasteiger partial charge in [-0.05, 0) is 0 Å². The highest BCUT2D eigenvalue weighted by Gasteiger charge is 2.22. The molecule has 0 spiro atoms. The maximum atomic E-state index is 11.3. The summed E-state index contributed by atoms with van der Waals surface area (Å²) >= 11 is 10.7. The van der Waals surface area contributed by atoms with Crippen LogP contribution < -0.4 is 5.73 Å². The Kier molecular flexibility index (Phi) is 8.46. The number of hydrogen-bond donors (Lipinski definition) is 1. The summed E-state index contributed by atoms with van der Waals surface area (Å²) in [6, 6.07) is 0. The number of rotatable bonds is 8. The first-order valence-electron chi connectivity index (χ1n) is 4.30. The van der Waals surface area contributed by atoms with Crippen molar-refractivity contribution in [1.82, 2.24) is 0 Å². The van der Waals surface area contributed by atoms with Crippen LogP contribution in [-0.4, -0.2) is 43.0 Å². The lowest BCUT2D eigenvalue weighted by atomic mass is 10.2. The molecule has 1 amide bonds. The number of hydrogen-bond acceptors (Lipinski definition) is 4. The molecule has 0 aromatic carbocycles. The first-order valence-corrected chi connectivity index (χ1v) is 5.37. The number of amides is 1. The lowest BCUT2D eigenvalue weighted by Crippen LogP contribution is -2.32. The van der Waals surface area contributed by atoms with Crippen molar-refractivity contribution >= 4 is 35.1 Å². The van der Waals surface area contributed by atoms with Gasteiger partial charge in [-0.3, -0.25) is 4.79 Å². The Morgan fingerprint density at radius 2 is 1.80 bits per heavy atom. The summed E-state index contributed by atoms with van der Waals surface area (Å²) in [5.41, 5.74) is 4.95. The summed E-state index contributed by atoms with van der Waals surface area (Å²) in [5.74, 6) is -0.889. The molecule has 0 bridgehead atoms. The fourth-order valence-electron chi connectivity index (χ4n) is 0.812. The molecule has 0 fully saturated rings. The minimum Gasteiger partial charge on any atom is -0.462 e. The molecule has 1 unspecified atom stereocenters. The van der Waals surface area contributed by atoms with Gasteiger partial charge in [0.05, 0.1) is 18.9 Å². The SMILES string of the molecule is NC(=O)CC(OCCCl)C(=O)OCCCl. The van der Waals surface area contributed by atoms with Crippen molar-refractivity contribution in [2.24, 2.45) is 5.73 Å². The summed E-state index contributed by atoms with van der Waals surface area (Å²) in [7, 11) is 0. The van der Waals surface area contributed by atoms with Gasteiger partial charge in [-0.25, -0.2) is 4.79 Å². The van der Waals surface area contributed by atoms with Crippen molar-refractivity contribution in [3.63, 3.8) is 0 Å². The Balaban J connectivity index is 4.07. The van der Waals surface area contributed by atoms with E-state index in [9.17, 15) is 9.59 Å². The predicted molar refractivity (Wildman–Crippen MR) is 56.0 cm³/mol. The molecule has 15 heavy (non-hydrogen) atoms. The molecule has 2 N–H and O–H groups in total. The molecule has 0 aliphatic heterocycles. The standard InChI is InChI=1S/C8H13Cl2NO4/c9-1-3-14-6(5-7(11)12)8(13)15-4-2-10/h6H,1-5H2,(H2,11,12). The fraction of sp³-hybridized carbons (Fsp3) is 0.750. The number of ether oxygens (including phenoxy) is 2. The van der Waals surface area contributed by atoms with Crippen molar-refractivity contribution in [3.8, 4) is 0 Å². The average Bonchev–Trinajstić information content (AvgIpc) is 2.20. The van der Waals surface area contributed by atoms with E-state index in [0.29, 0.717) is 0 Å². The monoisotopic (exact) mass is 257 g/mol. The summed E-state index contributed by atoms with van der Waals surface area (Å²) in [6.07, 6.45) is -1.22. The first kappa shape index (κ1) is 14.5. The van der Waals surface area contributed by atoms with Gasteiger partial charge in [-0.2, -0.15) is 0 Å². The van der Waals surface area contributed by atoms with Crippen LogP contribution in [0.3, 0.4) is 0 Å². The van der Waals surface area contributed by atoms with Crippen LogP contribution in [0.15, 0.2) is 0 Å². The van der Waals surface area contributed by atoms with E-state index < -0.39 is 18.0 Å². The molecule has 0 aliphatic rings. The van der Waals surface area contributed by atoms with Crippen molar-refractivity contribution < 1.29 is 19.1 Å². The highest BCUT2D eigenvalue weighted by atomic mass is 35.5. The van der Waals surface area contributed by atoms with Crippen molar-refractivity contribution in [2.45, 2.75) is 12.5 Å². The van der Waals surface area contributed by atoms with Gasteiger partial charge in [0.1, 0.15) is 6.61 Å². The van der Waals surface area contributed by atoms with Crippen LogP contribution in [0, 0.1) is 0 Å². The van der Waals surface area contributed by atoms with E-state index in [1.807, 2.05) is 0 Å². The number of nitrogens with two attached hydrogens (primary N) is 1. The van der Waals surface area contributed by atoms with Crippen LogP contribution in [0.25, 0.3) is 0 Å². The van der Waals surface area contributed by atoms with Gasteiger partial charge in [-0.1, -0.05) is 0 Å². The molecule has 0 rings (SSSR count). The number of halogens is 2. The highest BCUT2D eigenvalue weighted by Crippen LogP contribution is 2.02. The van der Waals surface area contributed by atoms with Crippen molar-refractivity contribution in [1.29, 1.82) is 0 Å². The average molecular weight is 258 g/mol. The Labute approximate surface area is 97.8 Å². The molecular weight excluding hydrogens is 245 g/mol. The number of esters is 1. The maximum absolute atomic E-state index is 11.3. The van der Waals surface area contributed by atoms with Gasteiger partial charge >= 0.3 is 5.97 Å². The second-order valence-corrected chi connectivity index (χ2v) is 3.33. The van der Waals surface area contributed by atoms with Crippen LogP contribution in [0.1, 0.15) is 6.42 Å². The second kappa shape index (κ2) is 8.76. The molecule has 0 heterocycles. The number of carbonyl (C=O) groups excluding carboxylic acids is 2. The van der Waals surface area contributed by atoms with E-state index in [0.717, 1.165) is 0 Å². The van der Waals surface area contributed by atoms with Gasteiger partial charge in [0, 0.05) is 5.88 Å². The molecule has 0 saturated carbocycles. The zero-order valence-electron chi connectivity index (χ0n) is 8.08. The largest absolute Gasteiger partial charge is 0.462 e. The molecule has 7 heteroatoms. The van der Waals surface area contributed by atoms with E-state index >= 15 is 0 Å². The lowest BCUT2D eigenvalue weighted by Gasteiger charge is -2.14. The third-order valence-corrected chi connectivity index (χ3v) is 1.68. The molecular formula is C8H13Cl2NO4. The zero-order valence-corrected chi connectivity index (χ0v) is 9.59. The zero-order chi connectivity index (χ0) is 11.7. The topological polar surface area (TPSA) is 78.6 Å². The van der Waals surface area contributed by atoms with Gasteiger partial charge in [0.15, 0.2) is 6.10 Å². The van der Waals surface area contributed by atoms with Gasteiger partial charge < -0.3 is 15.2 Å². The minimum atomic E-state index is -0.996. The third-order valence-electron chi connectivity index (χ3n) is 1.37. The van der Waals surface area contributed by atoms with Crippen molar-refractivity contribution in [2.75, 3.05) is 25.0 Å². The van der Waals surface area contributed by atoms with E-state index in [-0.39, 0.29) is 31.4 Å². The number of carbonyl (C=O) groups is 2. The van der Waals surface area contributed by atoms with Crippen LogP contribution in [0.5, 0.6) is 0 Å². The Bertz CT molecular complexity index is 213. The molecule has 0 saturated heterocycles. The molecule has 1 atom stereocenters. The second-order valence-electron chi connectivity index (χ2n) is 2.58. The van der Waals surface area contributed by atoms with Gasteiger partial charge in [0.25, 0.3) is 0 Å². The number of alkyl halides is 2. The highest BCUT2D eigenvalue weighted by molar-refractivity contribution is 6.18. The quantitative estimate of drug-likeness (QED) is 0.500. The van der Waals surface area contributed by atoms with Gasteiger partial charge in [0.2, 0.25) is 5.91 Å². The smallest absolute Gasteiger partial charge is 0.335 e. The van der Waals surface area contributed by atoms with E-state index in [2.05, 4.69) is 0 Å². The molecule has 5 nitrogen and oxygen atoms in total. The third kappa shape index (κ3) is 7.41. The maximum Gasteiger partial charge on any atom is 0.335 e. The molecule has 0 aromatic heterocycles. The summed E-state index contributed by atoms with van der Waals surface area (Å²) in [5, 5.41) is 0. The fourth-order valence-corrected chi connectivity index (χ4v) is 0.978. The first-order chi connectivity index (χ1) is 7.11. The summed E-state index contributed by atoms with van der Waals surface area (Å²) in [4.78, 5) is 21.9. The molecule has 88 valence electrons. The summed E-state index contributed by atoms with van der Waals surface area (Å²) in [6.45, 7) is 0.218. The Morgan fingerprint density at radius 3 is 2.27 bits per heavy atom. The van der Waals surface area contributed by atoms with Crippen LogP contribution in [-0.2, 0) is 19.1 Å². The van der Waals surface area contributed by atoms with Crippen LogP contribution >= 0.6 is 23.2 Å². The number of primary amides is 1. The van der Waals surface area contributed by atoms with E-state index in [1.165, 1.54) is 0 Å². The lowest BCUT2D eigenvalue weighted by molar-refractivity contribution is -0.158. The summed E-state index contributed by atoms with van der Waals surface area (Å²) < 4.78 is 9.72. The van der Waals surface area contributed by atoms with E-state index in [4.69, 9.17) is 38.4 Å². The molecule has 0 aromatic rings. The predicted octanol–water partition coefficient (Wildman–Crippen LogP) is 0.268. The van der Waals surface area contributed by atoms with E-state index in [1.54, 1.807) is 0 Å². The normalized spacial score (nSPS) is 12.1. The Hall–Kier alpha value is -0.520. The van der Waals surface area contributed by atoms with Crippen molar-refractivity contribution in [3.05, 3.63) is 0 Å². The Morgan fingerprint density at radius 1 is 1.20 bits per heavy atom. The molecule has 0 radical (unpaired) electrons.